The Morgan fingerprint density at radius 3 is 2.20 bits per heavy atom. The van der Waals surface area contributed by atoms with Crippen molar-refractivity contribution in [3.05, 3.63) is 23.3 Å². The molecule has 5 atom stereocenters. The number of hydrogen-bond donors (Lipinski definition) is 3. The third kappa shape index (κ3) is 5.65. The van der Waals surface area contributed by atoms with Gasteiger partial charge in [-0.2, -0.15) is 0 Å². The number of aliphatic hydroxyl groups is 2. The molecule has 7 nitrogen and oxygen atoms in total. The monoisotopic (exact) mass is 424 g/mol. The van der Waals surface area contributed by atoms with Crippen molar-refractivity contribution in [2.45, 2.75) is 104 Å². The van der Waals surface area contributed by atoms with Crippen LogP contribution in [0, 0.1) is 0 Å². The lowest BCUT2D eigenvalue weighted by molar-refractivity contribution is -0.278. The SMILES string of the molecule is CC(O)OC(C)OC(C)OC(C)N1c2cc(C(C)C)c(N)cc2C(CO)CC1(C)C. The van der Waals surface area contributed by atoms with Crippen LogP contribution in [0.5, 0.6) is 0 Å². The molecule has 7 heteroatoms. The van der Waals surface area contributed by atoms with Gasteiger partial charge in [0.15, 0.2) is 18.9 Å². The van der Waals surface area contributed by atoms with E-state index in [0.29, 0.717) is 0 Å². The van der Waals surface area contributed by atoms with E-state index in [1.54, 1.807) is 6.92 Å². The Kier molecular flexibility index (Phi) is 8.15. The van der Waals surface area contributed by atoms with E-state index in [4.69, 9.17) is 19.9 Å². The van der Waals surface area contributed by atoms with E-state index in [9.17, 15) is 10.2 Å². The van der Waals surface area contributed by atoms with Gasteiger partial charge in [-0.15, -0.1) is 0 Å². The van der Waals surface area contributed by atoms with E-state index in [1.807, 2.05) is 19.9 Å². The van der Waals surface area contributed by atoms with Crippen LogP contribution in [0.1, 0.15) is 84.8 Å². The van der Waals surface area contributed by atoms with Crippen LogP contribution in [0.4, 0.5) is 11.4 Å². The van der Waals surface area contributed by atoms with Gasteiger partial charge in [0.25, 0.3) is 0 Å². The summed E-state index contributed by atoms with van der Waals surface area (Å²) in [5.74, 6) is 0.307. The molecule has 0 saturated carbocycles. The first-order valence-electron chi connectivity index (χ1n) is 10.8. The van der Waals surface area contributed by atoms with Crippen molar-refractivity contribution in [1.29, 1.82) is 0 Å². The fourth-order valence-corrected chi connectivity index (χ4v) is 4.61. The molecule has 0 amide bonds. The first-order valence-corrected chi connectivity index (χ1v) is 10.8. The van der Waals surface area contributed by atoms with E-state index in [2.05, 4.69) is 38.7 Å². The Morgan fingerprint density at radius 1 is 1.07 bits per heavy atom. The molecule has 172 valence electrons. The number of nitrogen functional groups attached to an aromatic ring is 1. The van der Waals surface area contributed by atoms with Crippen LogP contribution in [-0.4, -0.2) is 47.5 Å². The number of ether oxygens (including phenoxy) is 3. The van der Waals surface area contributed by atoms with Crippen LogP contribution in [0.25, 0.3) is 0 Å². The van der Waals surface area contributed by atoms with Gasteiger partial charge in [0.1, 0.15) is 6.23 Å². The molecule has 1 aliphatic rings. The molecule has 1 aromatic carbocycles. The zero-order chi connectivity index (χ0) is 22.8. The van der Waals surface area contributed by atoms with E-state index >= 15 is 0 Å². The molecule has 30 heavy (non-hydrogen) atoms. The average molecular weight is 425 g/mol. The summed E-state index contributed by atoms with van der Waals surface area (Å²) in [6.45, 7) is 15.7. The van der Waals surface area contributed by atoms with Crippen LogP contribution in [-0.2, 0) is 14.2 Å². The molecule has 0 spiro atoms. The smallest absolute Gasteiger partial charge is 0.161 e. The second-order valence-corrected chi connectivity index (χ2v) is 9.20. The second kappa shape index (κ2) is 9.83. The summed E-state index contributed by atoms with van der Waals surface area (Å²) in [6.07, 6.45) is -1.56. The molecule has 0 saturated heterocycles. The van der Waals surface area contributed by atoms with Gasteiger partial charge in [0, 0.05) is 22.8 Å². The average Bonchev–Trinajstić information content (AvgIpc) is 2.58. The molecule has 1 aliphatic heterocycles. The van der Waals surface area contributed by atoms with Crippen LogP contribution in [0.15, 0.2) is 12.1 Å². The second-order valence-electron chi connectivity index (χ2n) is 9.20. The normalized spacial score (nSPS) is 22.5. The summed E-state index contributed by atoms with van der Waals surface area (Å²) in [5, 5.41) is 19.4. The molecule has 0 bridgehead atoms. The Balaban J connectivity index is 2.35. The number of fused-ring (bicyclic) bond motifs is 1. The van der Waals surface area contributed by atoms with Crippen LogP contribution < -0.4 is 10.6 Å². The number of anilines is 2. The quantitative estimate of drug-likeness (QED) is 0.409. The van der Waals surface area contributed by atoms with Crippen molar-refractivity contribution in [1.82, 2.24) is 0 Å². The summed E-state index contributed by atoms with van der Waals surface area (Å²) in [7, 11) is 0. The van der Waals surface area contributed by atoms with Gasteiger partial charge in [0.2, 0.25) is 0 Å². The summed E-state index contributed by atoms with van der Waals surface area (Å²) >= 11 is 0. The van der Waals surface area contributed by atoms with Crippen LogP contribution in [0.3, 0.4) is 0 Å². The Hall–Kier alpha value is -1.38. The van der Waals surface area contributed by atoms with E-state index < -0.39 is 18.9 Å². The number of nitrogens with two attached hydrogens (primary N) is 1. The fourth-order valence-electron chi connectivity index (χ4n) is 4.61. The minimum absolute atomic E-state index is 0.0232. The van der Waals surface area contributed by atoms with E-state index in [-0.39, 0.29) is 30.2 Å². The zero-order valence-electron chi connectivity index (χ0n) is 19.7. The molecule has 0 radical (unpaired) electrons. The highest BCUT2D eigenvalue weighted by atomic mass is 16.8. The molecule has 1 heterocycles. The van der Waals surface area contributed by atoms with Crippen molar-refractivity contribution < 1.29 is 24.4 Å². The topological polar surface area (TPSA) is 97.4 Å². The molecule has 2 rings (SSSR count). The molecule has 0 fully saturated rings. The predicted octanol–water partition coefficient (Wildman–Crippen LogP) is 3.88. The van der Waals surface area contributed by atoms with Gasteiger partial charge in [0.05, 0.1) is 6.61 Å². The maximum atomic E-state index is 10.0. The first-order chi connectivity index (χ1) is 13.9. The molecule has 0 aliphatic carbocycles. The lowest BCUT2D eigenvalue weighted by Crippen LogP contribution is -2.55. The van der Waals surface area contributed by atoms with E-state index in [0.717, 1.165) is 28.9 Å². The standard InChI is InChI=1S/C23H40N2O5/c1-13(2)19-10-22-20(9-21(19)24)18(12-26)11-23(7,8)25(22)14(3)28-16(5)30-17(6)29-15(4)27/h9-10,13-18,26-27H,11-12,24H2,1-8H3. The lowest BCUT2D eigenvalue weighted by atomic mass is 9.78. The lowest BCUT2D eigenvalue weighted by Gasteiger charge is -2.51. The van der Waals surface area contributed by atoms with Crippen molar-refractivity contribution in [2.24, 2.45) is 0 Å². The van der Waals surface area contributed by atoms with Gasteiger partial charge in [-0.05, 0) is 77.1 Å². The zero-order valence-corrected chi connectivity index (χ0v) is 19.7. The van der Waals surface area contributed by atoms with Crippen molar-refractivity contribution >= 4 is 11.4 Å². The van der Waals surface area contributed by atoms with Gasteiger partial charge >= 0.3 is 0 Å². The first kappa shape index (κ1) is 24.9. The fraction of sp³-hybridized carbons (Fsp3) is 0.739. The Morgan fingerprint density at radius 2 is 1.67 bits per heavy atom. The Labute approximate surface area is 181 Å². The van der Waals surface area contributed by atoms with Crippen molar-refractivity contribution in [3.8, 4) is 0 Å². The third-order valence-corrected chi connectivity index (χ3v) is 5.70. The van der Waals surface area contributed by atoms with Gasteiger partial charge in [-0.1, -0.05) is 13.8 Å². The van der Waals surface area contributed by atoms with E-state index in [1.165, 1.54) is 6.92 Å². The predicted molar refractivity (Wildman–Crippen MR) is 119 cm³/mol. The molecular formula is C23H40N2O5. The highest BCUT2D eigenvalue weighted by Crippen LogP contribution is 2.47. The molecule has 0 aromatic heterocycles. The summed E-state index contributed by atoms with van der Waals surface area (Å²) in [5.41, 5.74) is 10.0. The third-order valence-electron chi connectivity index (χ3n) is 5.70. The number of rotatable bonds is 9. The summed E-state index contributed by atoms with van der Waals surface area (Å²) < 4.78 is 17.1. The summed E-state index contributed by atoms with van der Waals surface area (Å²) in [6, 6.07) is 4.16. The minimum atomic E-state index is -0.909. The molecule has 1 aromatic rings. The molecule has 5 unspecified atom stereocenters. The van der Waals surface area contributed by atoms with Gasteiger partial charge < -0.3 is 35.1 Å². The number of benzene rings is 1. The Bertz CT molecular complexity index is 707. The van der Waals surface area contributed by atoms with Crippen LogP contribution in [0.2, 0.25) is 0 Å². The van der Waals surface area contributed by atoms with Gasteiger partial charge in [-0.25, -0.2) is 0 Å². The van der Waals surface area contributed by atoms with Crippen LogP contribution >= 0.6 is 0 Å². The summed E-state index contributed by atoms with van der Waals surface area (Å²) in [4.78, 5) is 2.25. The van der Waals surface area contributed by atoms with Gasteiger partial charge in [-0.3, -0.25) is 0 Å². The van der Waals surface area contributed by atoms with Crippen molar-refractivity contribution in [3.63, 3.8) is 0 Å². The largest absolute Gasteiger partial charge is 0.398 e. The molecule has 4 N–H and O–H groups in total. The molecular weight excluding hydrogens is 384 g/mol. The van der Waals surface area contributed by atoms with Crippen molar-refractivity contribution in [2.75, 3.05) is 17.2 Å². The highest BCUT2D eigenvalue weighted by Gasteiger charge is 2.41. The maximum Gasteiger partial charge on any atom is 0.161 e. The minimum Gasteiger partial charge on any atom is -0.398 e. The number of aliphatic hydroxyl groups excluding tert-OH is 2. The number of hydrogen-bond acceptors (Lipinski definition) is 7. The number of nitrogens with zero attached hydrogens (tertiary/aromatic N) is 1. The highest BCUT2D eigenvalue weighted by molar-refractivity contribution is 5.68. The maximum absolute atomic E-state index is 10.0.